The minimum atomic E-state index is -0.255. The molecule has 0 unspecified atom stereocenters. The number of nitrogens with one attached hydrogen (secondary N) is 4. The number of hydrogen-bond acceptors (Lipinski definition) is 2. The fourth-order valence-electron chi connectivity index (χ4n) is 2.62. The number of aromatic amines is 1. The first-order valence-corrected chi connectivity index (χ1v) is 9.25. The van der Waals surface area contributed by atoms with Gasteiger partial charge in [0.05, 0.1) is 0 Å². The summed E-state index contributed by atoms with van der Waals surface area (Å²) in [4.78, 5) is 19.5. The molecule has 1 amide bonds. The van der Waals surface area contributed by atoms with Crippen molar-refractivity contribution in [2.45, 2.75) is 39.7 Å². The highest BCUT2D eigenvalue weighted by Crippen LogP contribution is 2.22. The van der Waals surface area contributed by atoms with E-state index < -0.39 is 0 Å². The molecular weight excluding hydrogens is 477 g/mol. The number of rotatable bonds is 6. The third-order valence-electron chi connectivity index (χ3n) is 3.66. The van der Waals surface area contributed by atoms with Crippen LogP contribution in [0.5, 0.6) is 0 Å². The number of aromatic nitrogens is 1. The fourth-order valence-corrected chi connectivity index (χ4v) is 2.80. The normalized spacial score (nSPS) is 11.8. The van der Waals surface area contributed by atoms with Crippen LogP contribution in [0.4, 0.5) is 0 Å². The monoisotopic (exact) mass is 505 g/mol. The van der Waals surface area contributed by atoms with Gasteiger partial charge >= 0.3 is 0 Å². The molecule has 6 nitrogen and oxygen atoms in total. The second-order valence-corrected chi connectivity index (χ2v) is 7.61. The standard InChI is InChI=1S/C19H28ClN5O.HI/c1-5-21-18(24-12-17(26)25-19(2,3)4)22-9-8-13-11-23-16-7-6-14(20)10-15(13)16;/h6-7,10-11,23H,5,8-9,12H2,1-4H3,(H,25,26)(H2,21,22,24);1H. The first-order valence-electron chi connectivity index (χ1n) is 8.87. The van der Waals surface area contributed by atoms with E-state index in [1.807, 2.05) is 52.1 Å². The second-order valence-electron chi connectivity index (χ2n) is 7.17. The van der Waals surface area contributed by atoms with Gasteiger partial charge in [0.2, 0.25) is 5.91 Å². The molecule has 2 aromatic rings. The maximum Gasteiger partial charge on any atom is 0.242 e. The molecule has 0 aliphatic carbocycles. The van der Waals surface area contributed by atoms with E-state index in [4.69, 9.17) is 11.6 Å². The van der Waals surface area contributed by atoms with Crippen molar-refractivity contribution in [2.24, 2.45) is 4.99 Å². The average molecular weight is 506 g/mol. The lowest BCUT2D eigenvalue weighted by Crippen LogP contribution is -2.43. The van der Waals surface area contributed by atoms with Gasteiger partial charge in [0.25, 0.3) is 0 Å². The van der Waals surface area contributed by atoms with Gasteiger partial charge in [-0.3, -0.25) is 4.79 Å². The molecule has 4 N–H and O–H groups in total. The van der Waals surface area contributed by atoms with E-state index in [0.717, 1.165) is 28.9 Å². The van der Waals surface area contributed by atoms with E-state index in [1.54, 1.807) is 0 Å². The molecule has 0 radical (unpaired) electrons. The molecule has 8 heteroatoms. The highest BCUT2D eigenvalue weighted by Gasteiger charge is 2.13. The first kappa shape index (κ1) is 23.6. The van der Waals surface area contributed by atoms with E-state index in [1.165, 1.54) is 5.56 Å². The Balaban J connectivity index is 0.00000364. The molecule has 0 aliphatic rings. The van der Waals surface area contributed by atoms with E-state index in [-0.39, 0.29) is 42.0 Å². The Labute approximate surface area is 182 Å². The quantitative estimate of drug-likeness (QED) is 0.276. The molecule has 2 rings (SSSR count). The Kier molecular flexibility index (Phi) is 9.38. The van der Waals surface area contributed by atoms with Gasteiger partial charge in [0, 0.05) is 40.8 Å². The third kappa shape index (κ3) is 7.96. The lowest BCUT2D eigenvalue weighted by Gasteiger charge is -2.20. The maximum absolute atomic E-state index is 11.9. The zero-order chi connectivity index (χ0) is 19.2. The largest absolute Gasteiger partial charge is 0.361 e. The summed E-state index contributed by atoms with van der Waals surface area (Å²) in [6, 6.07) is 5.83. The van der Waals surface area contributed by atoms with Gasteiger partial charge in [-0.05, 0) is 57.9 Å². The van der Waals surface area contributed by atoms with E-state index in [9.17, 15) is 4.79 Å². The molecule has 0 spiro atoms. The number of aliphatic imine (C=N–C) groups is 1. The van der Waals surface area contributed by atoms with Gasteiger partial charge in [0.1, 0.15) is 6.54 Å². The number of carbonyl (C=O) groups excluding carboxylic acids is 1. The second kappa shape index (κ2) is 10.8. The van der Waals surface area contributed by atoms with Crippen molar-refractivity contribution in [2.75, 3.05) is 19.6 Å². The summed E-state index contributed by atoms with van der Waals surface area (Å²) >= 11 is 6.09. The van der Waals surface area contributed by atoms with Crippen molar-refractivity contribution in [3.63, 3.8) is 0 Å². The molecule has 0 fully saturated rings. The number of fused-ring (bicyclic) bond motifs is 1. The van der Waals surface area contributed by atoms with Crippen LogP contribution >= 0.6 is 35.6 Å². The lowest BCUT2D eigenvalue weighted by molar-refractivity contribution is -0.121. The van der Waals surface area contributed by atoms with Crippen LogP contribution in [0.1, 0.15) is 33.3 Å². The van der Waals surface area contributed by atoms with Gasteiger partial charge in [-0.1, -0.05) is 11.6 Å². The lowest BCUT2D eigenvalue weighted by atomic mass is 10.1. The Morgan fingerprint density at radius 2 is 2.00 bits per heavy atom. The van der Waals surface area contributed by atoms with Crippen molar-refractivity contribution < 1.29 is 4.79 Å². The Bertz CT molecular complexity index is 782. The number of H-pyrrole nitrogens is 1. The van der Waals surface area contributed by atoms with Gasteiger partial charge in [-0.25, -0.2) is 4.99 Å². The highest BCUT2D eigenvalue weighted by atomic mass is 127. The minimum Gasteiger partial charge on any atom is -0.361 e. The summed E-state index contributed by atoms with van der Waals surface area (Å²) in [5, 5.41) is 11.2. The van der Waals surface area contributed by atoms with Gasteiger partial charge in [-0.15, -0.1) is 24.0 Å². The predicted molar refractivity (Wildman–Crippen MR) is 124 cm³/mol. The minimum absolute atomic E-state index is 0. The summed E-state index contributed by atoms with van der Waals surface area (Å²) in [7, 11) is 0. The molecular formula is C19H29ClIN5O. The number of hydrogen-bond donors (Lipinski definition) is 4. The average Bonchev–Trinajstić information content (AvgIpc) is 2.93. The number of carbonyl (C=O) groups is 1. The highest BCUT2D eigenvalue weighted by molar-refractivity contribution is 14.0. The van der Waals surface area contributed by atoms with Crippen LogP contribution < -0.4 is 16.0 Å². The fraction of sp³-hybridized carbons (Fsp3) is 0.474. The number of guanidine groups is 1. The molecule has 0 saturated carbocycles. The summed E-state index contributed by atoms with van der Waals surface area (Å²) in [5.74, 6) is 0.537. The first-order chi connectivity index (χ1) is 12.3. The van der Waals surface area contributed by atoms with Gasteiger partial charge < -0.3 is 20.9 Å². The van der Waals surface area contributed by atoms with Crippen LogP contribution in [0.3, 0.4) is 0 Å². The number of nitrogens with zero attached hydrogens (tertiary/aromatic N) is 1. The molecule has 0 bridgehead atoms. The van der Waals surface area contributed by atoms with Gasteiger partial charge in [-0.2, -0.15) is 0 Å². The summed E-state index contributed by atoms with van der Waals surface area (Å²) in [5.41, 5.74) is 2.01. The maximum atomic E-state index is 11.9. The van der Waals surface area contributed by atoms with Crippen molar-refractivity contribution in [1.82, 2.24) is 20.9 Å². The number of halogens is 2. The predicted octanol–water partition coefficient (Wildman–Crippen LogP) is 3.45. The SMILES string of the molecule is CCNC(=NCC(=O)NC(C)(C)C)NCCc1c[nH]c2ccc(Cl)cc12.I. The van der Waals surface area contributed by atoms with Crippen LogP contribution in [0.25, 0.3) is 10.9 Å². The Morgan fingerprint density at radius 3 is 2.67 bits per heavy atom. The molecule has 1 aromatic carbocycles. The Morgan fingerprint density at radius 1 is 1.26 bits per heavy atom. The zero-order valence-electron chi connectivity index (χ0n) is 16.3. The van der Waals surface area contributed by atoms with Gasteiger partial charge in [0.15, 0.2) is 5.96 Å². The molecule has 1 aromatic heterocycles. The number of benzene rings is 1. The summed E-state index contributed by atoms with van der Waals surface area (Å²) in [6.07, 6.45) is 2.82. The van der Waals surface area contributed by atoms with Crippen molar-refractivity contribution in [3.8, 4) is 0 Å². The summed E-state index contributed by atoms with van der Waals surface area (Å²) < 4.78 is 0. The van der Waals surface area contributed by atoms with Crippen molar-refractivity contribution >= 4 is 58.3 Å². The van der Waals surface area contributed by atoms with Crippen LogP contribution in [-0.4, -0.2) is 42.0 Å². The third-order valence-corrected chi connectivity index (χ3v) is 3.89. The van der Waals surface area contributed by atoms with E-state index in [2.05, 4.69) is 25.9 Å². The smallest absolute Gasteiger partial charge is 0.242 e. The van der Waals surface area contributed by atoms with Crippen LogP contribution in [-0.2, 0) is 11.2 Å². The molecule has 0 aliphatic heterocycles. The zero-order valence-corrected chi connectivity index (χ0v) is 19.4. The molecule has 27 heavy (non-hydrogen) atoms. The number of amides is 1. The van der Waals surface area contributed by atoms with Crippen LogP contribution in [0.15, 0.2) is 29.4 Å². The topological polar surface area (TPSA) is 81.3 Å². The van der Waals surface area contributed by atoms with Crippen LogP contribution in [0.2, 0.25) is 5.02 Å². The van der Waals surface area contributed by atoms with Crippen molar-refractivity contribution in [3.05, 3.63) is 35.0 Å². The molecule has 150 valence electrons. The molecule has 1 heterocycles. The van der Waals surface area contributed by atoms with Crippen molar-refractivity contribution in [1.29, 1.82) is 0 Å². The molecule has 0 atom stereocenters. The van der Waals surface area contributed by atoms with Crippen LogP contribution in [0, 0.1) is 0 Å². The summed E-state index contributed by atoms with van der Waals surface area (Å²) in [6.45, 7) is 9.37. The Hall–Kier alpha value is -1.48. The molecule has 0 saturated heterocycles. The van der Waals surface area contributed by atoms with E-state index >= 15 is 0 Å². The van der Waals surface area contributed by atoms with E-state index in [0.29, 0.717) is 12.5 Å².